The highest BCUT2D eigenvalue weighted by molar-refractivity contribution is 5.16. The SMILES string of the molecule is NC1CCn2c(nc(C3CC3)cc2=O)C1. The molecule has 0 spiro atoms. The first kappa shape index (κ1) is 9.09. The van der Waals surface area contributed by atoms with Gasteiger partial charge in [0, 0.05) is 31.0 Å². The topological polar surface area (TPSA) is 60.9 Å². The molecule has 1 aliphatic carbocycles. The Labute approximate surface area is 88.1 Å². The van der Waals surface area contributed by atoms with Crippen molar-refractivity contribution in [3.63, 3.8) is 0 Å². The van der Waals surface area contributed by atoms with Gasteiger partial charge in [0.2, 0.25) is 0 Å². The van der Waals surface area contributed by atoms with Gasteiger partial charge in [0.1, 0.15) is 5.82 Å². The van der Waals surface area contributed by atoms with Gasteiger partial charge in [-0.3, -0.25) is 9.36 Å². The van der Waals surface area contributed by atoms with E-state index in [2.05, 4.69) is 4.98 Å². The molecule has 1 unspecified atom stereocenters. The summed E-state index contributed by atoms with van der Waals surface area (Å²) in [6, 6.07) is 1.88. The Bertz CT molecular complexity index is 448. The van der Waals surface area contributed by atoms with Gasteiger partial charge in [0.05, 0.1) is 5.69 Å². The zero-order valence-electron chi connectivity index (χ0n) is 8.65. The summed E-state index contributed by atoms with van der Waals surface area (Å²) in [5, 5.41) is 0. The van der Waals surface area contributed by atoms with Crippen LogP contribution >= 0.6 is 0 Å². The molecule has 1 saturated carbocycles. The van der Waals surface area contributed by atoms with Crippen LogP contribution in [0.25, 0.3) is 0 Å². The highest BCUT2D eigenvalue weighted by Crippen LogP contribution is 2.38. The molecule has 1 aromatic heterocycles. The lowest BCUT2D eigenvalue weighted by atomic mass is 10.1. The molecule has 0 saturated heterocycles. The number of fused-ring (bicyclic) bond motifs is 1. The average Bonchev–Trinajstić information content (AvgIpc) is 2.99. The number of nitrogens with two attached hydrogens (primary N) is 1. The lowest BCUT2D eigenvalue weighted by molar-refractivity contribution is 0.441. The third-order valence-electron chi connectivity index (χ3n) is 3.27. The lowest BCUT2D eigenvalue weighted by Crippen LogP contribution is -2.37. The molecule has 0 radical (unpaired) electrons. The largest absolute Gasteiger partial charge is 0.327 e. The van der Waals surface area contributed by atoms with Gasteiger partial charge < -0.3 is 5.73 Å². The number of hydrogen-bond donors (Lipinski definition) is 1. The van der Waals surface area contributed by atoms with E-state index in [4.69, 9.17) is 5.73 Å². The Morgan fingerprint density at radius 1 is 1.40 bits per heavy atom. The van der Waals surface area contributed by atoms with Crippen LogP contribution in [-0.2, 0) is 13.0 Å². The second-order valence-corrected chi connectivity index (χ2v) is 4.61. The summed E-state index contributed by atoms with van der Waals surface area (Å²) in [6.45, 7) is 0.729. The summed E-state index contributed by atoms with van der Waals surface area (Å²) >= 11 is 0. The van der Waals surface area contributed by atoms with E-state index in [0.717, 1.165) is 30.9 Å². The van der Waals surface area contributed by atoms with Gasteiger partial charge in [0.25, 0.3) is 5.56 Å². The molecule has 80 valence electrons. The van der Waals surface area contributed by atoms with Crippen LogP contribution in [0.4, 0.5) is 0 Å². The van der Waals surface area contributed by atoms with Gasteiger partial charge in [-0.1, -0.05) is 0 Å². The molecule has 2 aliphatic rings. The normalized spacial score (nSPS) is 25.0. The maximum Gasteiger partial charge on any atom is 0.253 e. The van der Waals surface area contributed by atoms with Crippen LogP contribution in [0.15, 0.2) is 10.9 Å². The highest BCUT2D eigenvalue weighted by atomic mass is 16.1. The van der Waals surface area contributed by atoms with Gasteiger partial charge in [0.15, 0.2) is 0 Å². The van der Waals surface area contributed by atoms with E-state index in [0.29, 0.717) is 5.92 Å². The van der Waals surface area contributed by atoms with E-state index < -0.39 is 0 Å². The summed E-state index contributed by atoms with van der Waals surface area (Å²) in [5.74, 6) is 1.44. The molecule has 3 rings (SSSR count). The molecule has 4 heteroatoms. The third-order valence-corrected chi connectivity index (χ3v) is 3.27. The van der Waals surface area contributed by atoms with Crippen molar-refractivity contribution in [2.45, 2.75) is 44.2 Å². The molecular formula is C11H15N3O. The Morgan fingerprint density at radius 3 is 2.93 bits per heavy atom. The standard InChI is InChI=1S/C11H15N3O/c12-8-3-4-14-10(5-8)13-9(6-11(14)15)7-1-2-7/h6-8H,1-5,12H2. The monoisotopic (exact) mass is 205 g/mol. The molecule has 1 aliphatic heterocycles. The van der Waals surface area contributed by atoms with Gasteiger partial charge in [-0.05, 0) is 19.3 Å². The van der Waals surface area contributed by atoms with Crippen LogP contribution < -0.4 is 11.3 Å². The van der Waals surface area contributed by atoms with Crippen molar-refractivity contribution >= 4 is 0 Å². The van der Waals surface area contributed by atoms with Crippen molar-refractivity contribution in [2.24, 2.45) is 5.73 Å². The summed E-state index contributed by atoms with van der Waals surface area (Å²) < 4.78 is 1.77. The molecular weight excluding hydrogens is 190 g/mol. The second kappa shape index (κ2) is 3.17. The van der Waals surface area contributed by atoms with Crippen molar-refractivity contribution in [3.8, 4) is 0 Å². The van der Waals surface area contributed by atoms with Crippen molar-refractivity contribution in [1.82, 2.24) is 9.55 Å². The fourth-order valence-electron chi connectivity index (χ4n) is 2.19. The van der Waals surface area contributed by atoms with Crippen LogP contribution in [0.1, 0.15) is 36.7 Å². The zero-order valence-corrected chi connectivity index (χ0v) is 8.65. The van der Waals surface area contributed by atoms with Crippen molar-refractivity contribution in [1.29, 1.82) is 0 Å². The van der Waals surface area contributed by atoms with Crippen LogP contribution in [0.3, 0.4) is 0 Å². The fraction of sp³-hybridized carbons (Fsp3) is 0.636. The van der Waals surface area contributed by atoms with Gasteiger partial charge >= 0.3 is 0 Å². The first-order valence-corrected chi connectivity index (χ1v) is 5.60. The number of nitrogens with zero attached hydrogens (tertiary/aromatic N) is 2. The van der Waals surface area contributed by atoms with Crippen molar-refractivity contribution in [3.05, 3.63) is 27.9 Å². The first-order valence-electron chi connectivity index (χ1n) is 5.60. The number of rotatable bonds is 1. The molecule has 2 N–H and O–H groups in total. The van der Waals surface area contributed by atoms with Crippen LogP contribution in [-0.4, -0.2) is 15.6 Å². The molecule has 0 aromatic carbocycles. The summed E-state index contributed by atoms with van der Waals surface area (Å²) in [4.78, 5) is 16.4. The molecule has 1 aromatic rings. The highest BCUT2D eigenvalue weighted by Gasteiger charge is 2.27. The van der Waals surface area contributed by atoms with Crippen LogP contribution in [0.2, 0.25) is 0 Å². The van der Waals surface area contributed by atoms with E-state index >= 15 is 0 Å². The molecule has 0 bridgehead atoms. The summed E-state index contributed by atoms with van der Waals surface area (Å²) in [6.07, 6.45) is 4.00. The Balaban J connectivity index is 2.07. The quantitative estimate of drug-likeness (QED) is 0.721. The van der Waals surface area contributed by atoms with E-state index in [9.17, 15) is 4.79 Å². The van der Waals surface area contributed by atoms with E-state index in [1.165, 1.54) is 12.8 Å². The minimum atomic E-state index is 0.105. The van der Waals surface area contributed by atoms with Crippen molar-refractivity contribution in [2.75, 3.05) is 0 Å². The van der Waals surface area contributed by atoms with E-state index in [1.54, 1.807) is 10.6 Å². The molecule has 15 heavy (non-hydrogen) atoms. The Kier molecular flexibility index (Phi) is 1.92. The first-order chi connectivity index (χ1) is 7.24. The van der Waals surface area contributed by atoms with Gasteiger partial charge in [-0.15, -0.1) is 0 Å². The zero-order chi connectivity index (χ0) is 10.4. The predicted molar refractivity (Wildman–Crippen MR) is 56.8 cm³/mol. The molecule has 1 atom stereocenters. The van der Waals surface area contributed by atoms with Gasteiger partial charge in [-0.25, -0.2) is 4.98 Å². The maximum absolute atomic E-state index is 11.8. The Hall–Kier alpha value is -1.16. The molecule has 2 heterocycles. The minimum Gasteiger partial charge on any atom is -0.327 e. The molecule has 4 nitrogen and oxygen atoms in total. The Morgan fingerprint density at radius 2 is 2.20 bits per heavy atom. The average molecular weight is 205 g/mol. The van der Waals surface area contributed by atoms with Crippen molar-refractivity contribution < 1.29 is 0 Å². The summed E-state index contributed by atoms with van der Waals surface area (Å²) in [7, 11) is 0. The van der Waals surface area contributed by atoms with E-state index in [1.807, 2.05) is 0 Å². The van der Waals surface area contributed by atoms with E-state index in [-0.39, 0.29) is 11.6 Å². The van der Waals surface area contributed by atoms with Crippen LogP contribution in [0.5, 0.6) is 0 Å². The summed E-state index contributed by atoms with van der Waals surface area (Å²) in [5.41, 5.74) is 6.98. The van der Waals surface area contributed by atoms with Crippen LogP contribution in [0, 0.1) is 0 Å². The molecule has 1 fully saturated rings. The number of hydrogen-bond acceptors (Lipinski definition) is 3. The second-order valence-electron chi connectivity index (χ2n) is 4.61. The third kappa shape index (κ3) is 1.59. The fourth-order valence-corrected chi connectivity index (χ4v) is 2.19. The minimum absolute atomic E-state index is 0.105. The maximum atomic E-state index is 11.8. The lowest BCUT2D eigenvalue weighted by Gasteiger charge is -2.22. The predicted octanol–water partition coefficient (Wildman–Crippen LogP) is 0.394. The molecule has 0 amide bonds. The smallest absolute Gasteiger partial charge is 0.253 e. The van der Waals surface area contributed by atoms with Gasteiger partial charge in [-0.2, -0.15) is 0 Å². The number of aromatic nitrogens is 2.